The Labute approximate surface area is 122 Å². The zero-order chi connectivity index (χ0) is 14.9. The van der Waals surface area contributed by atoms with Gasteiger partial charge in [-0.2, -0.15) is 5.10 Å². The van der Waals surface area contributed by atoms with E-state index in [-0.39, 0.29) is 5.56 Å². The van der Waals surface area contributed by atoms with Gasteiger partial charge >= 0.3 is 0 Å². The van der Waals surface area contributed by atoms with Crippen LogP contribution >= 0.6 is 11.6 Å². The van der Waals surface area contributed by atoms with Crippen LogP contribution in [0.2, 0.25) is 5.02 Å². The molecule has 1 aromatic heterocycles. The summed E-state index contributed by atoms with van der Waals surface area (Å²) < 4.78 is 1.67. The Morgan fingerprint density at radius 2 is 2.05 bits per heavy atom. The number of hydrogen-bond acceptors (Lipinski definition) is 3. The van der Waals surface area contributed by atoms with Crippen molar-refractivity contribution >= 4 is 23.2 Å². The van der Waals surface area contributed by atoms with Gasteiger partial charge in [-0.15, -0.1) is 0 Å². The second kappa shape index (κ2) is 5.54. The fourth-order valence-corrected chi connectivity index (χ4v) is 2.51. The third-order valence-corrected chi connectivity index (χ3v) is 3.55. The number of carbonyl (C=O) groups excluding carboxylic acids is 1. The van der Waals surface area contributed by atoms with Gasteiger partial charge in [0.2, 0.25) is 0 Å². The highest BCUT2D eigenvalue weighted by Crippen LogP contribution is 2.27. The first-order chi connectivity index (χ1) is 9.51. The molecule has 0 saturated carbocycles. The maximum atomic E-state index is 11.6. The Morgan fingerprint density at radius 3 is 2.60 bits per heavy atom. The quantitative estimate of drug-likeness (QED) is 0.906. The normalized spacial score (nSPS) is 10.8. The Hall–Kier alpha value is -2.01. The molecule has 0 bridgehead atoms. The number of amides is 1. The van der Waals surface area contributed by atoms with E-state index in [1.807, 2.05) is 13.8 Å². The second-order valence-electron chi connectivity index (χ2n) is 4.42. The van der Waals surface area contributed by atoms with E-state index in [2.05, 4.69) is 5.10 Å². The summed E-state index contributed by atoms with van der Waals surface area (Å²) >= 11 is 6.08. The van der Waals surface area contributed by atoms with Gasteiger partial charge in [0.25, 0.3) is 5.91 Å². The Bertz CT molecular complexity index is 663. The van der Waals surface area contributed by atoms with E-state index >= 15 is 0 Å². The minimum atomic E-state index is -0.584. The van der Waals surface area contributed by atoms with Crippen LogP contribution in [0.1, 0.15) is 35.6 Å². The summed E-state index contributed by atoms with van der Waals surface area (Å²) in [6, 6.07) is 5.15. The van der Waals surface area contributed by atoms with Crippen LogP contribution in [0.25, 0.3) is 5.69 Å². The maximum absolute atomic E-state index is 11.6. The molecule has 1 heterocycles. The summed E-state index contributed by atoms with van der Waals surface area (Å²) in [7, 11) is 0. The van der Waals surface area contributed by atoms with E-state index in [9.17, 15) is 4.79 Å². The molecule has 0 fully saturated rings. The van der Waals surface area contributed by atoms with Crippen molar-refractivity contribution in [1.29, 1.82) is 0 Å². The summed E-state index contributed by atoms with van der Waals surface area (Å²) in [4.78, 5) is 11.6. The molecular weight excluding hydrogens is 276 g/mol. The fourth-order valence-electron chi connectivity index (χ4n) is 2.25. The third kappa shape index (κ3) is 2.25. The lowest BCUT2D eigenvalue weighted by molar-refractivity contribution is 0.100. The minimum Gasteiger partial charge on any atom is -0.396 e. The predicted octanol–water partition coefficient (Wildman–Crippen LogP) is 2.33. The van der Waals surface area contributed by atoms with E-state index in [0.717, 1.165) is 17.8 Å². The molecule has 2 aromatic rings. The molecule has 1 amide bonds. The second-order valence-corrected chi connectivity index (χ2v) is 4.83. The lowest BCUT2D eigenvalue weighted by atomic mass is 10.1. The molecule has 6 heteroatoms. The topological polar surface area (TPSA) is 86.9 Å². The molecular formula is C14H17ClN4O. The van der Waals surface area contributed by atoms with Crippen LogP contribution in [0, 0.1) is 0 Å². The summed E-state index contributed by atoms with van der Waals surface area (Å²) in [5.74, 6) is -0.584. The SMILES string of the molecule is CCc1nn(-c2cccc(Cl)c2C(N)=O)c(CC)c1N. The number of aryl methyl sites for hydroxylation is 1. The van der Waals surface area contributed by atoms with Gasteiger partial charge in [0.05, 0.1) is 33.3 Å². The highest BCUT2D eigenvalue weighted by molar-refractivity contribution is 6.34. The molecule has 0 unspecified atom stereocenters. The number of nitrogens with two attached hydrogens (primary N) is 2. The molecule has 0 aliphatic carbocycles. The van der Waals surface area contributed by atoms with E-state index < -0.39 is 5.91 Å². The van der Waals surface area contributed by atoms with Crippen molar-refractivity contribution in [3.63, 3.8) is 0 Å². The van der Waals surface area contributed by atoms with Crippen molar-refractivity contribution in [2.24, 2.45) is 5.73 Å². The molecule has 106 valence electrons. The number of nitrogens with zero attached hydrogens (tertiary/aromatic N) is 2. The Balaban J connectivity index is 2.75. The largest absolute Gasteiger partial charge is 0.396 e. The van der Waals surface area contributed by atoms with Crippen molar-refractivity contribution in [3.8, 4) is 5.69 Å². The first-order valence-corrected chi connectivity index (χ1v) is 6.83. The number of anilines is 1. The van der Waals surface area contributed by atoms with Gasteiger partial charge in [-0.3, -0.25) is 4.79 Å². The number of halogens is 1. The highest BCUT2D eigenvalue weighted by Gasteiger charge is 2.19. The molecule has 0 aliphatic heterocycles. The number of benzene rings is 1. The van der Waals surface area contributed by atoms with Gasteiger partial charge in [-0.25, -0.2) is 4.68 Å². The first kappa shape index (κ1) is 14.4. The van der Waals surface area contributed by atoms with E-state index in [1.54, 1.807) is 22.9 Å². The lowest BCUT2D eigenvalue weighted by Gasteiger charge is -2.11. The summed E-state index contributed by atoms with van der Waals surface area (Å²) in [6.07, 6.45) is 1.42. The van der Waals surface area contributed by atoms with E-state index in [4.69, 9.17) is 23.1 Å². The van der Waals surface area contributed by atoms with Crippen molar-refractivity contribution in [3.05, 3.63) is 40.2 Å². The van der Waals surface area contributed by atoms with Crippen LogP contribution < -0.4 is 11.5 Å². The molecule has 2 rings (SSSR count). The maximum Gasteiger partial charge on any atom is 0.252 e. The zero-order valence-corrected chi connectivity index (χ0v) is 12.2. The van der Waals surface area contributed by atoms with Gasteiger partial charge in [0.15, 0.2) is 0 Å². The Morgan fingerprint density at radius 1 is 1.35 bits per heavy atom. The number of hydrogen-bond donors (Lipinski definition) is 2. The minimum absolute atomic E-state index is 0.258. The number of nitrogen functional groups attached to an aromatic ring is 1. The highest BCUT2D eigenvalue weighted by atomic mass is 35.5. The number of aromatic nitrogens is 2. The predicted molar refractivity (Wildman–Crippen MR) is 80.3 cm³/mol. The van der Waals surface area contributed by atoms with Crippen LogP contribution in [-0.4, -0.2) is 15.7 Å². The first-order valence-electron chi connectivity index (χ1n) is 6.46. The van der Waals surface area contributed by atoms with Crippen molar-refractivity contribution in [2.45, 2.75) is 26.7 Å². The molecule has 4 N–H and O–H groups in total. The molecule has 0 saturated heterocycles. The van der Waals surface area contributed by atoms with Crippen molar-refractivity contribution in [2.75, 3.05) is 5.73 Å². The fraction of sp³-hybridized carbons (Fsp3) is 0.286. The van der Waals surface area contributed by atoms with Gasteiger partial charge in [-0.05, 0) is 25.0 Å². The van der Waals surface area contributed by atoms with Crippen LogP contribution in [0.3, 0.4) is 0 Å². The van der Waals surface area contributed by atoms with Crippen molar-refractivity contribution < 1.29 is 4.79 Å². The van der Waals surface area contributed by atoms with Gasteiger partial charge in [0.1, 0.15) is 0 Å². The van der Waals surface area contributed by atoms with Crippen LogP contribution in [0.15, 0.2) is 18.2 Å². The van der Waals surface area contributed by atoms with Gasteiger partial charge in [0, 0.05) is 0 Å². The smallest absolute Gasteiger partial charge is 0.252 e. The lowest BCUT2D eigenvalue weighted by Crippen LogP contribution is -2.17. The average Bonchev–Trinajstić information content (AvgIpc) is 2.74. The number of primary amides is 1. The Kier molecular flexibility index (Phi) is 3.99. The molecule has 0 atom stereocenters. The molecule has 5 nitrogen and oxygen atoms in total. The molecule has 1 aromatic carbocycles. The molecule has 20 heavy (non-hydrogen) atoms. The molecule has 0 spiro atoms. The monoisotopic (exact) mass is 292 g/mol. The molecule has 0 radical (unpaired) electrons. The summed E-state index contributed by atoms with van der Waals surface area (Å²) in [5, 5.41) is 4.79. The standard InChI is InChI=1S/C14H17ClN4O/c1-3-9-13(16)10(4-2)19(18-9)11-7-5-6-8(15)12(11)14(17)20/h5-7H,3-4,16H2,1-2H3,(H2,17,20). The van der Waals surface area contributed by atoms with Gasteiger partial charge < -0.3 is 11.5 Å². The van der Waals surface area contributed by atoms with E-state index in [1.165, 1.54) is 0 Å². The molecule has 0 aliphatic rings. The number of carbonyl (C=O) groups is 1. The summed E-state index contributed by atoms with van der Waals surface area (Å²) in [5.41, 5.74) is 14.7. The van der Waals surface area contributed by atoms with E-state index in [0.29, 0.717) is 22.8 Å². The van der Waals surface area contributed by atoms with Crippen LogP contribution in [0.5, 0.6) is 0 Å². The number of rotatable bonds is 4. The average molecular weight is 293 g/mol. The zero-order valence-electron chi connectivity index (χ0n) is 11.5. The van der Waals surface area contributed by atoms with Crippen LogP contribution in [0.4, 0.5) is 5.69 Å². The third-order valence-electron chi connectivity index (χ3n) is 3.23. The van der Waals surface area contributed by atoms with Crippen molar-refractivity contribution in [1.82, 2.24) is 9.78 Å². The van der Waals surface area contributed by atoms with Crippen LogP contribution in [-0.2, 0) is 12.8 Å². The van der Waals surface area contributed by atoms with Gasteiger partial charge in [-0.1, -0.05) is 31.5 Å². The summed E-state index contributed by atoms with van der Waals surface area (Å²) in [6.45, 7) is 3.97.